The monoisotopic (exact) mass is 324 g/mol. The predicted molar refractivity (Wildman–Crippen MR) is 95.8 cm³/mol. The summed E-state index contributed by atoms with van der Waals surface area (Å²) >= 11 is 0. The van der Waals surface area contributed by atoms with Crippen molar-refractivity contribution in [2.75, 3.05) is 28.2 Å². The number of hydrogen-bond acceptors (Lipinski definition) is 2. The summed E-state index contributed by atoms with van der Waals surface area (Å²) in [4.78, 5) is 29.0. The van der Waals surface area contributed by atoms with Crippen LogP contribution in [-0.2, 0) is 9.59 Å². The lowest BCUT2D eigenvalue weighted by Gasteiger charge is -2.30. The van der Waals surface area contributed by atoms with E-state index in [2.05, 4.69) is 0 Å². The van der Waals surface area contributed by atoms with Gasteiger partial charge >= 0.3 is 0 Å². The van der Waals surface area contributed by atoms with Crippen molar-refractivity contribution >= 4 is 11.8 Å². The van der Waals surface area contributed by atoms with Crippen molar-refractivity contribution in [3.8, 4) is 0 Å². The Morgan fingerprint density at radius 1 is 0.625 bits per heavy atom. The van der Waals surface area contributed by atoms with Gasteiger partial charge in [0.15, 0.2) is 0 Å². The van der Waals surface area contributed by atoms with Crippen LogP contribution in [0.25, 0.3) is 0 Å². The van der Waals surface area contributed by atoms with E-state index in [1.807, 2.05) is 60.7 Å². The summed E-state index contributed by atoms with van der Waals surface area (Å²) in [5.74, 6) is -1.27. The minimum atomic E-state index is -0.557. The third kappa shape index (κ3) is 3.82. The molecule has 0 fully saturated rings. The molecule has 0 heterocycles. The van der Waals surface area contributed by atoms with E-state index < -0.39 is 11.8 Å². The van der Waals surface area contributed by atoms with Crippen LogP contribution >= 0.6 is 0 Å². The molecule has 0 unspecified atom stereocenters. The molecular weight excluding hydrogens is 300 g/mol. The summed E-state index contributed by atoms with van der Waals surface area (Å²) in [5, 5.41) is 0. The fourth-order valence-corrected chi connectivity index (χ4v) is 2.83. The fraction of sp³-hybridized carbons (Fsp3) is 0.300. The summed E-state index contributed by atoms with van der Waals surface area (Å²) in [6.07, 6.45) is 0. The van der Waals surface area contributed by atoms with Crippen LogP contribution in [0.3, 0.4) is 0 Å². The largest absolute Gasteiger partial charge is 0.348 e. The highest BCUT2D eigenvalue weighted by Crippen LogP contribution is 2.35. The number of carbonyl (C=O) groups is 2. The Morgan fingerprint density at radius 2 is 0.917 bits per heavy atom. The zero-order valence-corrected chi connectivity index (χ0v) is 14.6. The van der Waals surface area contributed by atoms with Crippen LogP contribution in [0, 0.1) is 0 Å². The van der Waals surface area contributed by atoms with Crippen LogP contribution < -0.4 is 0 Å². The molecule has 2 aromatic rings. The molecular formula is C20H24N2O2. The second kappa shape index (κ2) is 7.77. The smallest absolute Gasteiger partial charge is 0.230 e. The van der Waals surface area contributed by atoms with Gasteiger partial charge in [-0.05, 0) is 11.1 Å². The van der Waals surface area contributed by atoms with E-state index in [4.69, 9.17) is 0 Å². The van der Waals surface area contributed by atoms with Crippen molar-refractivity contribution in [3.63, 3.8) is 0 Å². The Bertz CT molecular complexity index is 620. The maximum Gasteiger partial charge on any atom is 0.230 e. The first kappa shape index (κ1) is 17.7. The van der Waals surface area contributed by atoms with Crippen LogP contribution in [0.4, 0.5) is 0 Å². The van der Waals surface area contributed by atoms with Crippen LogP contribution in [-0.4, -0.2) is 49.8 Å². The molecule has 4 nitrogen and oxygen atoms in total. The molecule has 0 aliphatic heterocycles. The zero-order valence-electron chi connectivity index (χ0n) is 14.6. The van der Waals surface area contributed by atoms with Gasteiger partial charge in [0.1, 0.15) is 0 Å². The minimum Gasteiger partial charge on any atom is -0.348 e. The molecule has 0 saturated heterocycles. The first-order valence-electron chi connectivity index (χ1n) is 7.95. The average molecular weight is 324 g/mol. The zero-order chi connectivity index (χ0) is 17.7. The van der Waals surface area contributed by atoms with Gasteiger partial charge < -0.3 is 9.80 Å². The average Bonchev–Trinajstić information content (AvgIpc) is 2.59. The molecule has 0 N–H and O–H groups in total. The maximum atomic E-state index is 12.9. The van der Waals surface area contributed by atoms with Gasteiger partial charge in [-0.2, -0.15) is 0 Å². The summed E-state index contributed by atoms with van der Waals surface area (Å²) in [6, 6.07) is 19.0. The van der Waals surface area contributed by atoms with Crippen molar-refractivity contribution in [2.45, 2.75) is 11.8 Å². The summed E-state index contributed by atoms with van der Waals surface area (Å²) < 4.78 is 0. The molecule has 2 atom stereocenters. The molecule has 2 aromatic carbocycles. The van der Waals surface area contributed by atoms with Gasteiger partial charge in [0.2, 0.25) is 11.8 Å². The van der Waals surface area contributed by atoms with E-state index in [9.17, 15) is 9.59 Å². The molecule has 4 heteroatoms. The quantitative estimate of drug-likeness (QED) is 0.848. The summed E-state index contributed by atoms with van der Waals surface area (Å²) in [6.45, 7) is 0. The highest BCUT2D eigenvalue weighted by molar-refractivity contribution is 5.94. The van der Waals surface area contributed by atoms with Crippen LogP contribution in [0.1, 0.15) is 23.0 Å². The van der Waals surface area contributed by atoms with Gasteiger partial charge in [-0.1, -0.05) is 60.7 Å². The first-order valence-corrected chi connectivity index (χ1v) is 7.95. The topological polar surface area (TPSA) is 40.6 Å². The Hall–Kier alpha value is -2.62. The SMILES string of the molecule is CN(C)C(=O)[C@H](c1ccccc1)[C@@H](C(=O)N(C)C)c1ccccc1. The number of likely N-dealkylation sites (N-methyl/N-ethyl adjacent to an activating group) is 2. The standard InChI is InChI=1S/C20H24N2O2/c1-21(2)19(23)17(15-11-7-5-8-12-15)18(20(24)22(3)4)16-13-9-6-10-14-16/h5-14,17-18H,1-4H3/t17-,18+. The first-order chi connectivity index (χ1) is 11.4. The van der Waals surface area contributed by atoms with E-state index in [0.29, 0.717) is 0 Å². The van der Waals surface area contributed by atoms with E-state index >= 15 is 0 Å². The lowest BCUT2D eigenvalue weighted by atomic mass is 9.79. The highest BCUT2D eigenvalue weighted by atomic mass is 16.2. The second-order valence-electron chi connectivity index (χ2n) is 6.24. The molecule has 0 aromatic heterocycles. The normalized spacial score (nSPS) is 13.0. The number of benzene rings is 2. The Morgan fingerprint density at radius 3 is 1.17 bits per heavy atom. The summed E-state index contributed by atoms with van der Waals surface area (Å²) in [5.41, 5.74) is 1.69. The molecule has 0 bridgehead atoms. The van der Waals surface area contributed by atoms with Gasteiger partial charge in [0.25, 0.3) is 0 Å². The van der Waals surface area contributed by atoms with Crippen LogP contribution in [0.2, 0.25) is 0 Å². The number of hydrogen-bond donors (Lipinski definition) is 0. The molecule has 0 aliphatic rings. The Balaban J connectivity index is 2.60. The van der Waals surface area contributed by atoms with Gasteiger partial charge in [0, 0.05) is 28.2 Å². The number of carbonyl (C=O) groups excluding carboxylic acids is 2. The van der Waals surface area contributed by atoms with Crippen molar-refractivity contribution in [3.05, 3.63) is 71.8 Å². The van der Waals surface area contributed by atoms with Crippen LogP contribution in [0.15, 0.2) is 60.7 Å². The third-order valence-electron chi connectivity index (χ3n) is 4.06. The van der Waals surface area contributed by atoms with Crippen molar-refractivity contribution in [1.82, 2.24) is 9.80 Å². The predicted octanol–water partition coefficient (Wildman–Crippen LogP) is 2.73. The fourth-order valence-electron chi connectivity index (χ4n) is 2.83. The lowest BCUT2D eigenvalue weighted by Crippen LogP contribution is -2.38. The molecule has 2 amide bonds. The van der Waals surface area contributed by atoms with Gasteiger partial charge in [-0.25, -0.2) is 0 Å². The van der Waals surface area contributed by atoms with Gasteiger partial charge in [-0.3, -0.25) is 9.59 Å². The van der Waals surface area contributed by atoms with E-state index in [-0.39, 0.29) is 11.8 Å². The van der Waals surface area contributed by atoms with Crippen molar-refractivity contribution < 1.29 is 9.59 Å². The van der Waals surface area contributed by atoms with Gasteiger partial charge in [0.05, 0.1) is 11.8 Å². The van der Waals surface area contributed by atoms with Crippen molar-refractivity contribution in [2.24, 2.45) is 0 Å². The second-order valence-corrected chi connectivity index (χ2v) is 6.24. The number of nitrogens with zero attached hydrogens (tertiary/aromatic N) is 2. The van der Waals surface area contributed by atoms with Crippen LogP contribution in [0.5, 0.6) is 0 Å². The highest BCUT2D eigenvalue weighted by Gasteiger charge is 2.37. The Labute approximate surface area is 143 Å². The van der Waals surface area contributed by atoms with E-state index in [1.54, 1.807) is 38.0 Å². The number of amides is 2. The number of rotatable bonds is 5. The van der Waals surface area contributed by atoms with E-state index in [0.717, 1.165) is 11.1 Å². The molecule has 0 aliphatic carbocycles. The Kier molecular flexibility index (Phi) is 5.74. The minimum absolute atomic E-state index is 0.0785. The molecule has 2 rings (SSSR count). The maximum absolute atomic E-state index is 12.9. The molecule has 0 saturated carbocycles. The molecule has 24 heavy (non-hydrogen) atoms. The third-order valence-corrected chi connectivity index (χ3v) is 4.06. The summed E-state index contributed by atoms with van der Waals surface area (Å²) in [7, 11) is 6.89. The molecule has 0 spiro atoms. The lowest BCUT2D eigenvalue weighted by molar-refractivity contribution is -0.137. The molecule has 126 valence electrons. The van der Waals surface area contributed by atoms with E-state index in [1.165, 1.54) is 0 Å². The van der Waals surface area contributed by atoms with Crippen molar-refractivity contribution in [1.29, 1.82) is 0 Å². The van der Waals surface area contributed by atoms with Gasteiger partial charge in [-0.15, -0.1) is 0 Å². The molecule has 0 radical (unpaired) electrons.